The normalized spacial score (nSPS) is 10.8. The lowest BCUT2D eigenvalue weighted by atomic mass is 10.1. The standard InChI is InChI=1S/C16H22N2O/c1-3-5-12-18-15(13-10-7-6-8-11-13)16(19)14(17-18)9-4-2/h6-8,10-11,19H,3-5,9,12H2,1-2H3. The van der Waals surface area contributed by atoms with E-state index in [0.29, 0.717) is 5.75 Å². The predicted octanol–water partition coefficient (Wildman–Crippen LogP) is 4.01. The van der Waals surface area contributed by atoms with Gasteiger partial charge in [-0.2, -0.15) is 5.10 Å². The molecule has 0 aliphatic rings. The third-order valence-corrected chi connectivity index (χ3v) is 3.25. The highest BCUT2D eigenvalue weighted by molar-refractivity contribution is 5.67. The fourth-order valence-corrected chi connectivity index (χ4v) is 2.26. The van der Waals surface area contributed by atoms with Crippen molar-refractivity contribution in [2.75, 3.05) is 0 Å². The molecule has 1 heterocycles. The van der Waals surface area contributed by atoms with Crippen LogP contribution in [0.15, 0.2) is 30.3 Å². The molecule has 0 spiro atoms. The van der Waals surface area contributed by atoms with Gasteiger partial charge in [0.05, 0.1) is 0 Å². The molecule has 0 aliphatic heterocycles. The van der Waals surface area contributed by atoms with Gasteiger partial charge in [0.15, 0.2) is 5.75 Å². The molecule has 2 aromatic rings. The Balaban J connectivity index is 2.43. The van der Waals surface area contributed by atoms with Crippen molar-refractivity contribution in [2.24, 2.45) is 0 Å². The number of benzene rings is 1. The number of hydrogen-bond donors (Lipinski definition) is 1. The Hall–Kier alpha value is -1.77. The summed E-state index contributed by atoms with van der Waals surface area (Å²) in [5, 5.41) is 15.0. The number of nitrogens with zero attached hydrogens (tertiary/aromatic N) is 2. The topological polar surface area (TPSA) is 38.0 Å². The van der Waals surface area contributed by atoms with Crippen LogP contribution in [0.25, 0.3) is 11.3 Å². The molecule has 0 atom stereocenters. The van der Waals surface area contributed by atoms with Gasteiger partial charge >= 0.3 is 0 Å². The van der Waals surface area contributed by atoms with Crippen LogP contribution in [0.3, 0.4) is 0 Å². The largest absolute Gasteiger partial charge is 0.504 e. The number of unbranched alkanes of at least 4 members (excludes halogenated alkanes) is 1. The van der Waals surface area contributed by atoms with Gasteiger partial charge < -0.3 is 5.11 Å². The average Bonchev–Trinajstić information content (AvgIpc) is 2.74. The number of rotatable bonds is 6. The van der Waals surface area contributed by atoms with Gasteiger partial charge in [-0.25, -0.2) is 0 Å². The molecule has 1 aromatic carbocycles. The van der Waals surface area contributed by atoms with Gasteiger partial charge in [-0.15, -0.1) is 0 Å². The van der Waals surface area contributed by atoms with E-state index in [-0.39, 0.29) is 0 Å². The molecule has 19 heavy (non-hydrogen) atoms. The SMILES string of the molecule is CCCCn1nc(CCC)c(O)c1-c1ccccc1. The summed E-state index contributed by atoms with van der Waals surface area (Å²) in [7, 11) is 0. The lowest BCUT2D eigenvalue weighted by molar-refractivity contribution is 0.469. The Labute approximate surface area is 114 Å². The highest BCUT2D eigenvalue weighted by atomic mass is 16.3. The van der Waals surface area contributed by atoms with E-state index in [1.54, 1.807) is 0 Å². The van der Waals surface area contributed by atoms with Crippen molar-refractivity contribution < 1.29 is 5.11 Å². The molecule has 0 radical (unpaired) electrons. The van der Waals surface area contributed by atoms with E-state index in [9.17, 15) is 5.11 Å². The van der Waals surface area contributed by atoms with E-state index in [2.05, 4.69) is 18.9 Å². The van der Waals surface area contributed by atoms with Gasteiger partial charge in [-0.05, 0) is 12.8 Å². The van der Waals surface area contributed by atoms with Crippen molar-refractivity contribution in [3.8, 4) is 17.0 Å². The van der Waals surface area contributed by atoms with Crippen LogP contribution in [0.5, 0.6) is 5.75 Å². The maximum absolute atomic E-state index is 10.4. The lowest BCUT2D eigenvalue weighted by Crippen LogP contribution is -2.02. The highest BCUT2D eigenvalue weighted by Gasteiger charge is 2.17. The van der Waals surface area contributed by atoms with E-state index in [1.165, 1.54) is 0 Å². The minimum Gasteiger partial charge on any atom is -0.504 e. The first-order chi connectivity index (χ1) is 9.27. The van der Waals surface area contributed by atoms with Crippen molar-refractivity contribution in [1.29, 1.82) is 0 Å². The molecule has 3 heteroatoms. The van der Waals surface area contributed by atoms with Crippen LogP contribution in [0.1, 0.15) is 38.8 Å². The fraction of sp³-hybridized carbons (Fsp3) is 0.438. The molecule has 2 rings (SSSR count). The molecule has 0 aliphatic carbocycles. The zero-order valence-corrected chi connectivity index (χ0v) is 11.8. The monoisotopic (exact) mass is 258 g/mol. The summed E-state index contributed by atoms with van der Waals surface area (Å²) in [6, 6.07) is 10.0. The van der Waals surface area contributed by atoms with Crippen LogP contribution in [0, 0.1) is 0 Å². The predicted molar refractivity (Wildman–Crippen MR) is 78.2 cm³/mol. The lowest BCUT2D eigenvalue weighted by Gasteiger charge is -2.06. The zero-order valence-electron chi connectivity index (χ0n) is 11.8. The van der Waals surface area contributed by atoms with Crippen LogP contribution in [-0.4, -0.2) is 14.9 Å². The van der Waals surface area contributed by atoms with Gasteiger partial charge in [0.2, 0.25) is 0 Å². The third-order valence-electron chi connectivity index (χ3n) is 3.25. The summed E-state index contributed by atoms with van der Waals surface area (Å²) >= 11 is 0. The minimum atomic E-state index is 0.351. The van der Waals surface area contributed by atoms with Gasteiger partial charge in [-0.3, -0.25) is 4.68 Å². The molecule has 1 N–H and O–H groups in total. The Morgan fingerprint density at radius 2 is 1.84 bits per heavy atom. The van der Waals surface area contributed by atoms with Gasteiger partial charge in [0.1, 0.15) is 11.4 Å². The average molecular weight is 258 g/mol. The molecule has 0 bridgehead atoms. The first-order valence-electron chi connectivity index (χ1n) is 7.12. The van der Waals surface area contributed by atoms with Gasteiger partial charge in [-0.1, -0.05) is 57.0 Å². The Morgan fingerprint density at radius 1 is 1.11 bits per heavy atom. The second-order valence-corrected chi connectivity index (χ2v) is 4.84. The van der Waals surface area contributed by atoms with Crippen LogP contribution >= 0.6 is 0 Å². The molecule has 0 amide bonds. The second-order valence-electron chi connectivity index (χ2n) is 4.84. The molecule has 0 fully saturated rings. The smallest absolute Gasteiger partial charge is 0.164 e. The van der Waals surface area contributed by atoms with Crippen LogP contribution < -0.4 is 0 Å². The van der Waals surface area contributed by atoms with Crippen molar-refractivity contribution in [3.05, 3.63) is 36.0 Å². The van der Waals surface area contributed by atoms with Crippen molar-refractivity contribution >= 4 is 0 Å². The van der Waals surface area contributed by atoms with Crippen LogP contribution in [0.2, 0.25) is 0 Å². The maximum atomic E-state index is 10.4. The number of hydrogen-bond acceptors (Lipinski definition) is 2. The molecule has 102 valence electrons. The maximum Gasteiger partial charge on any atom is 0.164 e. The fourth-order valence-electron chi connectivity index (χ4n) is 2.26. The Bertz CT molecular complexity index is 517. The second kappa shape index (κ2) is 6.41. The molecular formula is C16H22N2O. The first kappa shape index (κ1) is 13.7. The highest BCUT2D eigenvalue weighted by Crippen LogP contribution is 2.33. The molecule has 0 saturated carbocycles. The molecule has 0 saturated heterocycles. The van der Waals surface area contributed by atoms with Crippen molar-refractivity contribution in [3.63, 3.8) is 0 Å². The Kier molecular flexibility index (Phi) is 4.61. The number of aromatic nitrogens is 2. The Morgan fingerprint density at radius 3 is 2.47 bits per heavy atom. The third kappa shape index (κ3) is 2.98. The summed E-state index contributed by atoms with van der Waals surface area (Å²) in [5.41, 5.74) is 2.71. The van der Waals surface area contributed by atoms with E-state index in [1.807, 2.05) is 35.0 Å². The molecular weight excluding hydrogens is 236 g/mol. The van der Waals surface area contributed by atoms with E-state index in [0.717, 1.165) is 49.2 Å². The van der Waals surface area contributed by atoms with Crippen LogP contribution in [0.4, 0.5) is 0 Å². The van der Waals surface area contributed by atoms with Crippen LogP contribution in [-0.2, 0) is 13.0 Å². The molecule has 3 nitrogen and oxygen atoms in total. The van der Waals surface area contributed by atoms with Gasteiger partial charge in [0, 0.05) is 12.1 Å². The van der Waals surface area contributed by atoms with Crippen molar-refractivity contribution in [2.45, 2.75) is 46.1 Å². The first-order valence-corrected chi connectivity index (χ1v) is 7.12. The zero-order chi connectivity index (χ0) is 13.7. The van der Waals surface area contributed by atoms with E-state index in [4.69, 9.17) is 0 Å². The summed E-state index contributed by atoms with van der Waals surface area (Å²) in [6.45, 7) is 5.13. The molecule has 0 unspecified atom stereocenters. The molecule has 1 aromatic heterocycles. The van der Waals surface area contributed by atoms with E-state index < -0.39 is 0 Å². The van der Waals surface area contributed by atoms with Crippen molar-refractivity contribution in [1.82, 2.24) is 9.78 Å². The summed E-state index contributed by atoms with van der Waals surface area (Å²) in [6.07, 6.45) is 4.02. The summed E-state index contributed by atoms with van der Waals surface area (Å²) in [5.74, 6) is 0.351. The minimum absolute atomic E-state index is 0.351. The number of aromatic hydroxyl groups is 1. The summed E-state index contributed by atoms with van der Waals surface area (Å²) < 4.78 is 1.96. The van der Waals surface area contributed by atoms with E-state index >= 15 is 0 Å². The van der Waals surface area contributed by atoms with Gasteiger partial charge in [0.25, 0.3) is 0 Å². The quantitative estimate of drug-likeness (QED) is 0.850. The summed E-state index contributed by atoms with van der Waals surface area (Å²) in [4.78, 5) is 0. The number of aryl methyl sites for hydroxylation is 2.